The van der Waals surface area contributed by atoms with E-state index in [0.717, 1.165) is 17.1 Å². The molecule has 1 aromatic heterocycles. The zero-order valence-corrected chi connectivity index (χ0v) is 11.1. The highest BCUT2D eigenvalue weighted by Crippen LogP contribution is 2.20. The van der Waals surface area contributed by atoms with Crippen LogP contribution in [0.2, 0.25) is 0 Å². The van der Waals surface area contributed by atoms with Crippen LogP contribution < -0.4 is 10.6 Å². The van der Waals surface area contributed by atoms with Crippen molar-refractivity contribution in [2.24, 2.45) is 0 Å². The Morgan fingerprint density at radius 1 is 1.16 bits per heavy atom. The maximum atomic E-state index is 11.0. The normalized spacial score (nSPS) is 11.7. The second-order valence-electron chi connectivity index (χ2n) is 4.38. The van der Waals surface area contributed by atoms with Gasteiger partial charge in [-0.2, -0.15) is 0 Å². The number of carbonyl (C=O) groups excluding carboxylic acids is 1. The number of benzene rings is 1. The number of rotatable bonds is 4. The highest BCUT2D eigenvalue weighted by molar-refractivity contribution is 5.89. The average molecular weight is 255 g/mol. The van der Waals surface area contributed by atoms with Gasteiger partial charge in [0, 0.05) is 24.5 Å². The lowest BCUT2D eigenvalue weighted by atomic mass is 10.2. The van der Waals surface area contributed by atoms with E-state index in [4.69, 9.17) is 0 Å². The van der Waals surface area contributed by atoms with Crippen molar-refractivity contribution in [3.05, 3.63) is 54.4 Å². The molecule has 0 aliphatic rings. The van der Waals surface area contributed by atoms with Crippen molar-refractivity contribution in [2.75, 3.05) is 10.6 Å². The van der Waals surface area contributed by atoms with Crippen LogP contribution in [0, 0.1) is 0 Å². The summed E-state index contributed by atoms with van der Waals surface area (Å²) in [5, 5.41) is 6.12. The highest BCUT2D eigenvalue weighted by Gasteiger charge is 2.06. The summed E-state index contributed by atoms with van der Waals surface area (Å²) in [6.45, 7) is 3.55. The first-order valence-corrected chi connectivity index (χ1v) is 6.20. The number of hydrogen-bond acceptors (Lipinski definition) is 3. The molecule has 1 atom stereocenters. The third kappa shape index (κ3) is 3.81. The Balaban J connectivity index is 2.08. The lowest BCUT2D eigenvalue weighted by Crippen LogP contribution is -2.09. The molecule has 1 heterocycles. The number of amides is 1. The Kier molecular flexibility index (Phi) is 4.13. The summed E-state index contributed by atoms with van der Waals surface area (Å²) in [6.07, 6.45) is 1.78. The molecule has 0 aliphatic heterocycles. The Morgan fingerprint density at radius 3 is 2.63 bits per heavy atom. The van der Waals surface area contributed by atoms with Crippen LogP contribution in [0.25, 0.3) is 0 Å². The van der Waals surface area contributed by atoms with Crippen LogP contribution in [0.1, 0.15) is 25.6 Å². The summed E-state index contributed by atoms with van der Waals surface area (Å²) < 4.78 is 0. The molecule has 0 aliphatic carbocycles. The van der Waals surface area contributed by atoms with Crippen molar-refractivity contribution in [3.63, 3.8) is 0 Å². The zero-order chi connectivity index (χ0) is 13.7. The fourth-order valence-electron chi connectivity index (χ4n) is 1.85. The number of anilines is 2. The van der Waals surface area contributed by atoms with E-state index in [1.807, 2.05) is 49.4 Å². The van der Waals surface area contributed by atoms with E-state index in [9.17, 15) is 4.79 Å². The molecule has 0 radical (unpaired) electrons. The number of hydrogen-bond donors (Lipinski definition) is 2. The third-order valence-electron chi connectivity index (χ3n) is 2.70. The van der Waals surface area contributed by atoms with Crippen molar-refractivity contribution >= 4 is 17.3 Å². The Hall–Kier alpha value is -2.36. The molecule has 1 amide bonds. The molecule has 2 N–H and O–H groups in total. The molecule has 2 rings (SSSR count). The summed E-state index contributed by atoms with van der Waals surface area (Å²) in [6, 6.07) is 13.6. The summed E-state index contributed by atoms with van der Waals surface area (Å²) in [5.74, 6) is -0.0741. The molecule has 19 heavy (non-hydrogen) atoms. The zero-order valence-electron chi connectivity index (χ0n) is 11.1. The van der Waals surface area contributed by atoms with Gasteiger partial charge < -0.3 is 10.6 Å². The number of aromatic nitrogens is 1. The van der Waals surface area contributed by atoms with Crippen molar-refractivity contribution in [2.45, 2.75) is 19.9 Å². The lowest BCUT2D eigenvalue weighted by molar-refractivity contribution is -0.114. The molecular weight excluding hydrogens is 238 g/mol. The lowest BCUT2D eigenvalue weighted by Gasteiger charge is -2.15. The molecule has 1 aromatic carbocycles. The molecule has 0 saturated heterocycles. The van der Waals surface area contributed by atoms with Gasteiger partial charge in [-0.15, -0.1) is 0 Å². The van der Waals surface area contributed by atoms with Gasteiger partial charge in [-0.25, -0.2) is 0 Å². The number of carbonyl (C=O) groups is 1. The first kappa shape index (κ1) is 13.1. The largest absolute Gasteiger partial charge is 0.377 e. The van der Waals surface area contributed by atoms with Crippen LogP contribution in [-0.4, -0.2) is 10.9 Å². The van der Waals surface area contributed by atoms with Crippen molar-refractivity contribution in [3.8, 4) is 0 Å². The van der Waals surface area contributed by atoms with E-state index < -0.39 is 0 Å². The maximum absolute atomic E-state index is 11.0. The van der Waals surface area contributed by atoms with Gasteiger partial charge in [0.25, 0.3) is 0 Å². The van der Waals surface area contributed by atoms with Crippen LogP contribution in [0.4, 0.5) is 11.4 Å². The summed E-state index contributed by atoms with van der Waals surface area (Å²) in [4.78, 5) is 15.3. The summed E-state index contributed by atoms with van der Waals surface area (Å²) in [5.41, 5.74) is 2.71. The molecule has 0 saturated carbocycles. The smallest absolute Gasteiger partial charge is 0.221 e. The van der Waals surface area contributed by atoms with E-state index in [1.54, 1.807) is 6.20 Å². The molecule has 2 aromatic rings. The van der Waals surface area contributed by atoms with E-state index in [-0.39, 0.29) is 11.9 Å². The second kappa shape index (κ2) is 6.00. The van der Waals surface area contributed by atoms with E-state index in [1.165, 1.54) is 6.92 Å². The Bertz CT molecular complexity index is 554. The number of nitrogens with one attached hydrogen (secondary N) is 2. The molecule has 0 bridgehead atoms. The van der Waals surface area contributed by atoms with Gasteiger partial charge in [-0.1, -0.05) is 12.1 Å². The van der Waals surface area contributed by atoms with E-state index >= 15 is 0 Å². The maximum Gasteiger partial charge on any atom is 0.221 e. The van der Waals surface area contributed by atoms with Crippen LogP contribution in [0.5, 0.6) is 0 Å². The second-order valence-corrected chi connectivity index (χ2v) is 4.38. The SMILES string of the molecule is CC(=O)Nc1cccc(NC(C)c2ccccn2)c1. The van der Waals surface area contributed by atoms with Gasteiger partial charge >= 0.3 is 0 Å². The number of nitrogens with zero attached hydrogens (tertiary/aromatic N) is 1. The van der Waals surface area contributed by atoms with Gasteiger partial charge in [0.05, 0.1) is 11.7 Å². The van der Waals surface area contributed by atoms with Gasteiger partial charge in [-0.3, -0.25) is 9.78 Å². The van der Waals surface area contributed by atoms with Gasteiger partial charge in [-0.05, 0) is 37.3 Å². The Morgan fingerprint density at radius 2 is 1.95 bits per heavy atom. The van der Waals surface area contributed by atoms with Gasteiger partial charge in [0.2, 0.25) is 5.91 Å². The molecule has 1 unspecified atom stereocenters. The van der Waals surface area contributed by atoms with Crippen molar-refractivity contribution < 1.29 is 4.79 Å². The fraction of sp³-hybridized carbons (Fsp3) is 0.200. The van der Waals surface area contributed by atoms with Crippen LogP contribution in [-0.2, 0) is 4.79 Å². The minimum atomic E-state index is -0.0741. The van der Waals surface area contributed by atoms with Gasteiger partial charge in [0.15, 0.2) is 0 Å². The van der Waals surface area contributed by atoms with Crippen molar-refractivity contribution in [1.29, 1.82) is 0 Å². The topological polar surface area (TPSA) is 54.0 Å². The van der Waals surface area contributed by atoms with E-state index in [0.29, 0.717) is 0 Å². The highest BCUT2D eigenvalue weighted by atomic mass is 16.1. The van der Waals surface area contributed by atoms with Gasteiger partial charge in [0.1, 0.15) is 0 Å². The monoisotopic (exact) mass is 255 g/mol. The molecule has 4 heteroatoms. The molecular formula is C15H17N3O. The fourth-order valence-corrected chi connectivity index (χ4v) is 1.85. The predicted octanol–water partition coefficient (Wildman–Crippen LogP) is 3.21. The predicted molar refractivity (Wildman–Crippen MR) is 77.0 cm³/mol. The first-order chi connectivity index (χ1) is 9.15. The third-order valence-corrected chi connectivity index (χ3v) is 2.70. The molecule has 0 spiro atoms. The minimum Gasteiger partial charge on any atom is -0.377 e. The first-order valence-electron chi connectivity index (χ1n) is 6.20. The standard InChI is InChI=1S/C15H17N3O/c1-11(15-8-3-4-9-16-15)17-13-6-5-7-14(10-13)18-12(2)19/h3-11,17H,1-2H3,(H,18,19). The van der Waals surface area contributed by atoms with E-state index in [2.05, 4.69) is 15.6 Å². The molecule has 98 valence electrons. The average Bonchev–Trinajstić information content (AvgIpc) is 2.39. The van der Waals surface area contributed by atoms with Crippen LogP contribution in [0.3, 0.4) is 0 Å². The molecule has 0 fully saturated rings. The quantitative estimate of drug-likeness (QED) is 0.882. The van der Waals surface area contributed by atoms with Crippen molar-refractivity contribution in [1.82, 2.24) is 4.98 Å². The minimum absolute atomic E-state index is 0.0741. The number of pyridine rings is 1. The molecule has 4 nitrogen and oxygen atoms in total. The van der Waals surface area contributed by atoms with Crippen LogP contribution in [0.15, 0.2) is 48.7 Å². The summed E-state index contributed by atoms with van der Waals surface area (Å²) >= 11 is 0. The summed E-state index contributed by atoms with van der Waals surface area (Å²) in [7, 11) is 0. The Labute approximate surface area is 112 Å². The van der Waals surface area contributed by atoms with Crippen LogP contribution >= 0.6 is 0 Å².